The summed E-state index contributed by atoms with van der Waals surface area (Å²) in [6.07, 6.45) is 3.35. The molecule has 1 rings (SSSR count). The van der Waals surface area contributed by atoms with Crippen molar-refractivity contribution in [3.05, 3.63) is 0 Å². The summed E-state index contributed by atoms with van der Waals surface area (Å²) in [5.74, 6) is -0.908. The van der Waals surface area contributed by atoms with Gasteiger partial charge in [0.1, 0.15) is 6.04 Å². The van der Waals surface area contributed by atoms with E-state index in [0.717, 1.165) is 19.3 Å². The third-order valence-electron chi connectivity index (χ3n) is 4.05. The first-order chi connectivity index (χ1) is 8.78. The van der Waals surface area contributed by atoms with Crippen LogP contribution in [0.25, 0.3) is 0 Å². The van der Waals surface area contributed by atoms with E-state index in [1.165, 1.54) is 0 Å². The van der Waals surface area contributed by atoms with Crippen molar-refractivity contribution < 1.29 is 14.7 Å². The zero-order valence-corrected chi connectivity index (χ0v) is 12.4. The maximum absolute atomic E-state index is 12.2. The van der Waals surface area contributed by atoms with Crippen LogP contribution in [0.1, 0.15) is 53.4 Å². The van der Waals surface area contributed by atoms with E-state index in [-0.39, 0.29) is 11.4 Å². The predicted molar refractivity (Wildman–Crippen MR) is 74.0 cm³/mol. The van der Waals surface area contributed by atoms with E-state index < -0.39 is 18.1 Å². The van der Waals surface area contributed by atoms with Gasteiger partial charge in [0.15, 0.2) is 0 Å². The van der Waals surface area contributed by atoms with Gasteiger partial charge in [0.2, 0.25) is 5.91 Å². The van der Waals surface area contributed by atoms with E-state index in [1.54, 1.807) is 6.92 Å². The zero-order chi connectivity index (χ0) is 14.6. The van der Waals surface area contributed by atoms with Gasteiger partial charge in [-0.15, -0.1) is 0 Å². The highest BCUT2D eigenvalue weighted by Crippen LogP contribution is 2.20. The summed E-state index contributed by atoms with van der Waals surface area (Å²) >= 11 is 0. The molecular formula is C14H26N2O3. The summed E-state index contributed by atoms with van der Waals surface area (Å²) in [4.78, 5) is 25.3. The molecular weight excluding hydrogens is 244 g/mol. The van der Waals surface area contributed by atoms with Crippen molar-refractivity contribution in [2.45, 2.75) is 71.0 Å². The third kappa shape index (κ3) is 4.20. The Balaban J connectivity index is 2.71. The topological polar surface area (TPSA) is 69.6 Å². The van der Waals surface area contributed by atoms with Gasteiger partial charge in [-0.2, -0.15) is 0 Å². The van der Waals surface area contributed by atoms with E-state index in [4.69, 9.17) is 0 Å². The van der Waals surface area contributed by atoms with E-state index >= 15 is 0 Å². The fourth-order valence-electron chi connectivity index (χ4n) is 2.36. The molecule has 1 heterocycles. The summed E-state index contributed by atoms with van der Waals surface area (Å²) < 4.78 is 0. The van der Waals surface area contributed by atoms with E-state index in [2.05, 4.69) is 5.32 Å². The molecule has 0 aromatic heterocycles. The highest BCUT2D eigenvalue weighted by Gasteiger charge is 2.35. The molecule has 1 aliphatic heterocycles. The second-order valence-corrected chi connectivity index (χ2v) is 5.99. The summed E-state index contributed by atoms with van der Waals surface area (Å²) in [7, 11) is 0. The molecule has 1 fully saturated rings. The normalized spacial score (nSPS) is 22.8. The van der Waals surface area contributed by atoms with Crippen molar-refractivity contribution in [2.75, 3.05) is 6.54 Å². The number of nitrogens with zero attached hydrogens (tertiary/aromatic N) is 1. The Morgan fingerprint density at radius 3 is 2.58 bits per heavy atom. The molecule has 2 atom stereocenters. The minimum atomic E-state index is -0.825. The van der Waals surface area contributed by atoms with Crippen molar-refractivity contribution >= 4 is 11.9 Å². The molecule has 0 spiro atoms. The Morgan fingerprint density at radius 2 is 2.05 bits per heavy atom. The van der Waals surface area contributed by atoms with Crippen molar-refractivity contribution in [1.82, 2.24) is 10.2 Å². The largest absolute Gasteiger partial charge is 0.480 e. The number of piperidine rings is 1. The molecule has 2 unspecified atom stereocenters. The lowest BCUT2D eigenvalue weighted by Crippen LogP contribution is -2.57. The number of aliphatic carboxylic acids is 1. The fraction of sp³-hybridized carbons (Fsp3) is 0.857. The number of rotatable bonds is 5. The summed E-state index contributed by atoms with van der Waals surface area (Å²) in [5, 5.41) is 12.2. The van der Waals surface area contributed by atoms with E-state index in [1.807, 2.05) is 25.7 Å². The second kappa shape index (κ2) is 6.37. The van der Waals surface area contributed by atoms with Crippen LogP contribution in [-0.4, -0.2) is 46.1 Å². The standard InChI is InChI=1S/C14H26N2O3/c1-5-14(3,4)15-12(17)10(2)16-9-7-6-8-11(16)13(18)19/h10-11H,5-9H2,1-4H3,(H,15,17)(H,18,19). The van der Waals surface area contributed by atoms with Crippen molar-refractivity contribution in [3.63, 3.8) is 0 Å². The molecule has 110 valence electrons. The highest BCUT2D eigenvalue weighted by atomic mass is 16.4. The van der Waals surface area contributed by atoms with Gasteiger partial charge in [0, 0.05) is 5.54 Å². The lowest BCUT2D eigenvalue weighted by molar-refractivity contribution is -0.147. The number of hydrogen-bond acceptors (Lipinski definition) is 3. The lowest BCUT2D eigenvalue weighted by Gasteiger charge is -2.38. The number of carboxylic acids is 1. The highest BCUT2D eigenvalue weighted by molar-refractivity contribution is 5.83. The van der Waals surface area contributed by atoms with Crippen LogP contribution in [-0.2, 0) is 9.59 Å². The molecule has 0 saturated carbocycles. The third-order valence-corrected chi connectivity index (χ3v) is 4.05. The average Bonchev–Trinajstić information content (AvgIpc) is 2.37. The molecule has 2 N–H and O–H groups in total. The molecule has 0 aromatic carbocycles. The smallest absolute Gasteiger partial charge is 0.320 e. The Kier molecular flexibility index (Phi) is 5.35. The van der Waals surface area contributed by atoms with Crippen molar-refractivity contribution in [1.29, 1.82) is 0 Å². The maximum Gasteiger partial charge on any atom is 0.320 e. The summed E-state index contributed by atoms with van der Waals surface area (Å²) in [6, 6.07) is -0.925. The molecule has 1 aliphatic rings. The van der Waals surface area contributed by atoms with Crippen LogP contribution < -0.4 is 5.32 Å². The zero-order valence-electron chi connectivity index (χ0n) is 12.4. The van der Waals surface area contributed by atoms with Gasteiger partial charge in [-0.3, -0.25) is 14.5 Å². The van der Waals surface area contributed by atoms with Crippen molar-refractivity contribution in [3.8, 4) is 0 Å². The molecule has 0 radical (unpaired) electrons. The minimum absolute atomic E-state index is 0.0833. The van der Waals surface area contributed by atoms with E-state index in [0.29, 0.717) is 13.0 Å². The Hall–Kier alpha value is -1.10. The van der Waals surface area contributed by atoms with Crippen LogP contribution in [0.3, 0.4) is 0 Å². The van der Waals surface area contributed by atoms with Crippen molar-refractivity contribution in [2.24, 2.45) is 0 Å². The SMILES string of the molecule is CCC(C)(C)NC(=O)C(C)N1CCCCC1C(=O)O. The van der Waals surface area contributed by atoms with Gasteiger partial charge >= 0.3 is 5.97 Å². The molecule has 5 nitrogen and oxygen atoms in total. The summed E-state index contributed by atoms with van der Waals surface area (Å²) in [6.45, 7) is 8.44. The number of nitrogens with one attached hydrogen (secondary N) is 1. The maximum atomic E-state index is 12.2. The second-order valence-electron chi connectivity index (χ2n) is 5.99. The number of carbonyl (C=O) groups excluding carboxylic acids is 1. The van der Waals surface area contributed by atoms with Crippen LogP contribution in [0.4, 0.5) is 0 Å². The van der Waals surface area contributed by atoms with Gasteiger partial charge in [-0.05, 0) is 46.6 Å². The number of carbonyl (C=O) groups is 2. The molecule has 5 heteroatoms. The lowest BCUT2D eigenvalue weighted by atomic mass is 9.98. The van der Waals surface area contributed by atoms with E-state index in [9.17, 15) is 14.7 Å². The first-order valence-electron chi connectivity index (χ1n) is 7.09. The molecule has 0 aliphatic carbocycles. The first-order valence-corrected chi connectivity index (χ1v) is 7.09. The van der Waals surface area contributed by atoms with Crippen LogP contribution in [0.2, 0.25) is 0 Å². The van der Waals surface area contributed by atoms with Gasteiger partial charge in [-0.25, -0.2) is 0 Å². The van der Waals surface area contributed by atoms with Gasteiger partial charge in [0.05, 0.1) is 6.04 Å². The number of amides is 1. The van der Waals surface area contributed by atoms with Gasteiger partial charge in [0.25, 0.3) is 0 Å². The number of carboxylic acid groups (broad SMARTS) is 1. The molecule has 1 amide bonds. The molecule has 19 heavy (non-hydrogen) atoms. The minimum Gasteiger partial charge on any atom is -0.480 e. The number of likely N-dealkylation sites (tertiary alicyclic amines) is 1. The average molecular weight is 270 g/mol. The molecule has 0 aromatic rings. The predicted octanol–water partition coefficient (Wildman–Crippen LogP) is 1.62. The Morgan fingerprint density at radius 1 is 1.42 bits per heavy atom. The van der Waals surface area contributed by atoms with Crippen LogP contribution in [0.15, 0.2) is 0 Å². The fourth-order valence-corrected chi connectivity index (χ4v) is 2.36. The first kappa shape index (κ1) is 16.0. The van der Waals surface area contributed by atoms with Gasteiger partial charge < -0.3 is 10.4 Å². The van der Waals surface area contributed by atoms with Gasteiger partial charge in [-0.1, -0.05) is 13.3 Å². The van der Waals surface area contributed by atoms with Crippen LogP contribution in [0, 0.1) is 0 Å². The number of hydrogen-bond donors (Lipinski definition) is 2. The Labute approximate surface area is 115 Å². The van der Waals surface area contributed by atoms with Crippen LogP contribution in [0.5, 0.6) is 0 Å². The molecule has 0 bridgehead atoms. The quantitative estimate of drug-likeness (QED) is 0.796. The Bertz CT molecular complexity index is 342. The molecule has 1 saturated heterocycles. The summed E-state index contributed by atoms with van der Waals surface area (Å²) in [5.41, 5.74) is -0.250. The van der Waals surface area contributed by atoms with Crippen LogP contribution >= 0.6 is 0 Å². The monoisotopic (exact) mass is 270 g/mol.